The first-order valence-electron chi connectivity index (χ1n) is 23.2. The lowest BCUT2D eigenvalue weighted by atomic mass is 9.81. The summed E-state index contributed by atoms with van der Waals surface area (Å²) in [4.78, 5) is 2.46. The maximum absolute atomic E-state index is 2.51. The van der Waals surface area contributed by atoms with Crippen molar-refractivity contribution >= 4 is 81.0 Å². The number of allylic oxidation sites excluding steroid dienone is 3. The van der Waals surface area contributed by atoms with Gasteiger partial charge in [0.1, 0.15) is 0 Å². The third-order valence-electron chi connectivity index (χ3n) is 14.9. The molecular formula is C63H44N2S. The average molecular weight is 861 g/mol. The molecule has 14 rings (SSSR count). The van der Waals surface area contributed by atoms with Crippen LogP contribution in [0.5, 0.6) is 0 Å². The Kier molecular flexibility index (Phi) is 8.06. The van der Waals surface area contributed by atoms with Gasteiger partial charge < -0.3 is 9.30 Å². The second-order valence-electron chi connectivity index (χ2n) is 18.8. The lowest BCUT2D eigenvalue weighted by Gasteiger charge is -2.30. The van der Waals surface area contributed by atoms with Crippen LogP contribution in [-0.4, -0.2) is 4.40 Å². The second-order valence-corrected chi connectivity index (χ2v) is 19.9. The second kappa shape index (κ2) is 14.1. The van der Waals surface area contributed by atoms with Crippen LogP contribution in [-0.2, 0) is 5.41 Å². The van der Waals surface area contributed by atoms with Gasteiger partial charge in [-0.1, -0.05) is 184 Å². The fourth-order valence-electron chi connectivity index (χ4n) is 11.8. The third kappa shape index (κ3) is 5.41. The molecule has 66 heavy (non-hydrogen) atoms. The van der Waals surface area contributed by atoms with Crippen LogP contribution in [0.4, 0.5) is 11.4 Å². The molecule has 2 nitrogen and oxygen atoms in total. The highest BCUT2D eigenvalue weighted by Crippen LogP contribution is 2.52. The van der Waals surface area contributed by atoms with Gasteiger partial charge in [0.05, 0.1) is 16.6 Å². The van der Waals surface area contributed by atoms with Gasteiger partial charge in [0, 0.05) is 75.7 Å². The molecule has 3 heteroatoms. The van der Waals surface area contributed by atoms with E-state index in [1.54, 1.807) is 0 Å². The normalized spacial score (nSPS) is 15.4. The van der Waals surface area contributed by atoms with E-state index in [-0.39, 0.29) is 11.3 Å². The van der Waals surface area contributed by atoms with E-state index >= 15 is 0 Å². The van der Waals surface area contributed by atoms with E-state index in [1.807, 2.05) is 11.3 Å². The van der Waals surface area contributed by atoms with Gasteiger partial charge in [0.15, 0.2) is 0 Å². The third-order valence-corrected chi connectivity index (χ3v) is 16.0. The SMILES string of the molecule is CC1(C)c2ccccc2-c2c(C3C=CC(N(c4ccc(-c5ccccc5)cc4)c4ccc5c(c4)sc4cc(-c6cccc7c8cccc9c%10ccccc%10n(c67)c98)ccc45)=CC3)cccc21. The van der Waals surface area contributed by atoms with Crippen molar-refractivity contribution in [3.8, 4) is 33.4 Å². The molecule has 3 heterocycles. The summed E-state index contributed by atoms with van der Waals surface area (Å²) in [6.07, 6.45) is 8.20. The van der Waals surface area contributed by atoms with Gasteiger partial charge in [0.25, 0.3) is 0 Å². The van der Waals surface area contributed by atoms with Crippen LogP contribution in [0.15, 0.2) is 218 Å². The van der Waals surface area contributed by atoms with Crippen LogP contribution in [0, 0.1) is 0 Å². The van der Waals surface area contributed by atoms with Crippen LogP contribution in [0.2, 0.25) is 0 Å². The topological polar surface area (TPSA) is 7.65 Å². The van der Waals surface area contributed by atoms with Crippen molar-refractivity contribution in [1.29, 1.82) is 0 Å². The minimum atomic E-state index is -0.0178. The van der Waals surface area contributed by atoms with E-state index in [0.717, 1.165) is 17.8 Å². The molecule has 0 saturated carbocycles. The first kappa shape index (κ1) is 37.6. The Hall–Kier alpha value is -7.72. The summed E-state index contributed by atoms with van der Waals surface area (Å²) in [7, 11) is 0. The highest BCUT2D eigenvalue weighted by Gasteiger charge is 2.37. The van der Waals surface area contributed by atoms with Crippen LogP contribution in [0.1, 0.15) is 42.9 Å². The highest BCUT2D eigenvalue weighted by molar-refractivity contribution is 7.25. The van der Waals surface area contributed by atoms with Crippen LogP contribution >= 0.6 is 11.3 Å². The maximum atomic E-state index is 2.51. The molecule has 0 aliphatic heterocycles. The number of fused-ring (bicyclic) bond motifs is 12. The molecule has 3 aromatic heterocycles. The van der Waals surface area contributed by atoms with Crippen LogP contribution in [0.25, 0.3) is 91.6 Å². The molecule has 2 aliphatic carbocycles. The van der Waals surface area contributed by atoms with E-state index in [2.05, 4.69) is 235 Å². The van der Waals surface area contributed by atoms with Gasteiger partial charge in [-0.3, -0.25) is 0 Å². The number of aromatic nitrogens is 1. The van der Waals surface area contributed by atoms with Gasteiger partial charge in [-0.2, -0.15) is 0 Å². The van der Waals surface area contributed by atoms with Crippen molar-refractivity contribution < 1.29 is 0 Å². The van der Waals surface area contributed by atoms with Gasteiger partial charge in [-0.25, -0.2) is 0 Å². The molecule has 0 amide bonds. The zero-order valence-corrected chi connectivity index (χ0v) is 37.6. The average Bonchev–Trinajstić information content (AvgIpc) is 4.09. The molecule has 12 aromatic rings. The number of anilines is 2. The van der Waals surface area contributed by atoms with Crippen molar-refractivity contribution in [3.63, 3.8) is 0 Å². The molecule has 312 valence electrons. The Labute approximate surface area is 388 Å². The van der Waals surface area contributed by atoms with E-state index in [9.17, 15) is 0 Å². The Bertz CT molecular complexity index is 3990. The molecular weight excluding hydrogens is 817 g/mol. The predicted molar refractivity (Wildman–Crippen MR) is 282 cm³/mol. The smallest absolute Gasteiger partial charge is 0.0620 e. The summed E-state index contributed by atoms with van der Waals surface area (Å²) in [6.45, 7) is 4.75. The zero-order chi connectivity index (χ0) is 43.7. The lowest BCUT2D eigenvalue weighted by Crippen LogP contribution is -2.17. The van der Waals surface area contributed by atoms with Crippen molar-refractivity contribution in [2.75, 3.05) is 4.90 Å². The van der Waals surface area contributed by atoms with Gasteiger partial charge in [-0.15, -0.1) is 11.3 Å². The number of benzene rings is 9. The van der Waals surface area contributed by atoms with Crippen molar-refractivity contribution in [2.24, 2.45) is 0 Å². The summed E-state index contributed by atoms with van der Waals surface area (Å²) in [5, 5.41) is 7.83. The van der Waals surface area contributed by atoms with E-state index in [0.29, 0.717) is 0 Å². The molecule has 0 saturated heterocycles. The predicted octanol–water partition coefficient (Wildman–Crippen LogP) is 17.6. The molecule has 1 atom stereocenters. The highest BCUT2D eigenvalue weighted by atomic mass is 32.1. The summed E-state index contributed by atoms with van der Waals surface area (Å²) in [5.41, 5.74) is 19.4. The minimum Gasteiger partial charge on any atom is -0.311 e. The number of nitrogens with zero attached hydrogens (tertiary/aromatic N) is 2. The van der Waals surface area contributed by atoms with Crippen LogP contribution in [0.3, 0.4) is 0 Å². The largest absolute Gasteiger partial charge is 0.311 e. The van der Waals surface area contributed by atoms with Gasteiger partial charge >= 0.3 is 0 Å². The molecule has 0 spiro atoms. The Morgan fingerprint density at radius 3 is 1.95 bits per heavy atom. The molecule has 0 fully saturated rings. The number of thiophene rings is 1. The van der Waals surface area contributed by atoms with Crippen molar-refractivity contribution in [1.82, 2.24) is 4.40 Å². The van der Waals surface area contributed by atoms with Crippen LogP contribution < -0.4 is 4.90 Å². The van der Waals surface area contributed by atoms with E-state index in [1.165, 1.54) is 114 Å². The molecule has 0 bridgehead atoms. The zero-order valence-electron chi connectivity index (χ0n) is 36.8. The summed E-state index contributed by atoms with van der Waals surface area (Å²) < 4.78 is 5.10. The monoisotopic (exact) mass is 860 g/mol. The molecule has 2 aliphatic rings. The number of hydrogen-bond donors (Lipinski definition) is 0. The van der Waals surface area contributed by atoms with E-state index < -0.39 is 0 Å². The van der Waals surface area contributed by atoms with Gasteiger partial charge in [-0.05, 0) is 93.4 Å². The maximum Gasteiger partial charge on any atom is 0.0620 e. The summed E-state index contributed by atoms with van der Waals surface area (Å²) in [6, 6.07) is 72.4. The summed E-state index contributed by atoms with van der Waals surface area (Å²) >= 11 is 1.90. The molecule has 0 N–H and O–H groups in total. The Balaban J connectivity index is 0.868. The molecule has 0 radical (unpaired) electrons. The first-order valence-corrected chi connectivity index (χ1v) is 24.0. The van der Waals surface area contributed by atoms with Gasteiger partial charge in [0.2, 0.25) is 0 Å². The quantitative estimate of drug-likeness (QED) is 0.162. The fraction of sp³-hybridized carbons (Fsp3) is 0.0794. The Morgan fingerprint density at radius 1 is 0.500 bits per heavy atom. The summed E-state index contributed by atoms with van der Waals surface area (Å²) in [5.74, 6) is 0.287. The van der Waals surface area contributed by atoms with Crippen molar-refractivity contribution in [2.45, 2.75) is 31.6 Å². The minimum absolute atomic E-state index is 0.0178. The number of rotatable bonds is 6. The van der Waals surface area contributed by atoms with Crippen molar-refractivity contribution in [3.05, 3.63) is 235 Å². The fourth-order valence-corrected chi connectivity index (χ4v) is 12.9. The number of para-hydroxylation sites is 3. The van der Waals surface area contributed by atoms with E-state index in [4.69, 9.17) is 0 Å². The molecule has 1 unspecified atom stereocenters. The number of hydrogen-bond acceptors (Lipinski definition) is 2. The lowest BCUT2D eigenvalue weighted by molar-refractivity contribution is 0.659. The Morgan fingerprint density at radius 2 is 1.12 bits per heavy atom. The molecule has 9 aromatic carbocycles. The first-order chi connectivity index (χ1) is 32.5. The standard InChI is InChI=1S/C63H44N2S/c1-63(2)55-22-8-6-16-54(55)60-46(17-12-23-56(60)63)41-27-32-44(33-28-41)64(43-30-25-40(26-31-43)39-13-4-3-5-14-39)45-34-36-50-49-35-29-42(37-58(49)66-59(50)38-45)47-18-10-20-52-53-21-11-19-51-48-15-7-9-24-57(48)65(61(47)52)62(51)53/h3-27,29-38,41H,28H2,1-2H3.